The molecule has 1 amide bonds. The number of halogens is 1. The normalized spacial score (nSPS) is 10.1. The van der Waals surface area contributed by atoms with Crippen LogP contribution in [0.5, 0.6) is 0 Å². The van der Waals surface area contributed by atoms with Crippen LogP contribution in [0.1, 0.15) is 26.5 Å². The molecule has 1 aromatic heterocycles. The minimum absolute atomic E-state index is 0.0570. The Morgan fingerprint density at radius 1 is 1.20 bits per heavy atom. The third kappa shape index (κ3) is 3.21. The van der Waals surface area contributed by atoms with Gasteiger partial charge in [0.15, 0.2) is 0 Å². The zero-order valence-corrected chi connectivity index (χ0v) is 12.1. The molecule has 5 nitrogen and oxygen atoms in total. The van der Waals surface area contributed by atoms with E-state index in [9.17, 15) is 9.59 Å². The molecule has 0 saturated carbocycles. The summed E-state index contributed by atoms with van der Waals surface area (Å²) in [5.74, 6) is -1.62. The molecule has 1 aromatic carbocycles. The highest BCUT2D eigenvalue weighted by atomic mass is 79.9. The van der Waals surface area contributed by atoms with Crippen LogP contribution in [0.2, 0.25) is 0 Å². The zero-order chi connectivity index (χ0) is 14.7. The van der Waals surface area contributed by atoms with Gasteiger partial charge in [-0.05, 0) is 36.8 Å². The number of carboxylic acids is 1. The summed E-state index contributed by atoms with van der Waals surface area (Å²) >= 11 is 3.38. The van der Waals surface area contributed by atoms with Crippen molar-refractivity contribution >= 4 is 33.5 Å². The van der Waals surface area contributed by atoms with Crippen molar-refractivity contribution in [3.05, 3.63) is 57.8 Å². The Morgan fingerprint density at radius 2 is 1.90 bits per heavy atom. The number of nitrogens with one attached hydrogen (secondary N) is 1. The number of carbonyl (C=O) groups is 2. The lowest BCUT2D eigenvalue weighted by Gasteiger charge is -2.07. The van der Waals surface area contributed by atoms with Crippen molar-refractivity contribution in [1.82, 2.24) is 4.98 Å². The second-order valence-electron chi connectivity index (χ2n) is 4.13. The van der Waals surface area contributed by atoms with Crippen molar-refractivity contribution < 1.29 is 14.7 Å². The van der Waals surface area contributed by atoms with E-state index in [2.05, 4.69) is 26.2 Å². The monoisotopic (exact) mass is 334 g/mol. The van der Waals surface area contributed by atoms with Crippen molar-refractivity contribution in [3.8, 4) is 0 Å². The summed E-state index contributed by atoms with van der Waals surface area (Å²) in [6.07, 6.45) is 0. The van der Waals surface area contributed by atoms with E-state index in [1.807, 2.05) is 13.0 Å². The molecule has 0 bridgehead atoms. The van der Waals surface area contributed by atoms with E-state index in [0.717, 1.165) is 10.0 Å². The molecular formula is C14H11BrN2O3. The Hall–Kier alpha value is -2.21. The molecule has 0 atom stereocenters. The summed E-state index contributed by atoms with van der Waals surface area (Å²) in [5, 5.41) is 11.5. The van der Waals surface area contributed by atoms with E-state index in [1.54, 1.807) is 12.1 Å². The first-order chi connectivity index (χ1) is 9.47. The van der Waals surface area contributed by atoms with Crippen LogP contribution in [0, 0.1) is 6.92 Å². The molecule has 0 fully saturated rings. The molecule has 0 aliphatic heterocycles. The highest BCUT2D eigenvalue weighted by molar-refractivity contribution is 9.10. The van der Waals surface area contributed by atoms with Crippen LogP contribution in [0.25, 0.3) is 0 Å². The number of carboxylic acid groups (broad SMARTS) is 1. The summed E-state index contributed by atoms with van der Waals surface area (Å²) in [7, 11) is 0. The lowest BCUT2D eigenvalue weighted by molar-refractivity contribution is 0.0690. The Kier molecular flexibility index (Phi) is 4.14. The topological polar surface area (TPSA) is 79.3 Å². The van der Waals surface area contributed by atoms with Gasteiger partial charge in [0.25, 0.3) is 5.91 Å². The number of benzene rings is 1. The quantitative estimate of drug-likeness (QED) is 0.903. The molecular weight excluding hydrogens is 324 g/mol. The predicted molar refractivity (Wildman–Crippen MR) is 78.0 cm³/mol. The molecule has 2 rings (SSSR count). The van der Waals surface area contributed by atoms with E-state index in [0.29, 0.717) is 5.69 Å². The van der Waals surface area contributed by atoms with Crippen molar-refractivity contribution in [2.45, 2.75) is 6.92 Å². The van der Waals surface area contributed by atoms with Gasteiger partial charge in [0.1, 0.15) is 11.4 Å². The Morgan fingerprint density at radius 3 is 2.55 bits per heavy atom. The smallest absolute Gasteiger partial charge is 0.354 e. The molecule has 0 aliphatic carbocycles. The highest BCUT2D eigenvalue weighted by Gasteiger charge is 2.11. The molecule has 6 heteroatoms. The fraction of sp³-hybridized carbons (Fsp3) is 0.0714. The van der Waals surface area contributed by atoms with Gasteiger partial charge in [-0.3, -0.25) is 4.79 Å². The number of carbonyl (C=O) groups excluding carboxylic acids is 1. The Bertz CT molecular complexity index is 686. The van der Waals surface area contributed by atoms with Gasteiger partial charge in [-0.2, -0.15) is 0 Å². The second kappa shape index (κ2) is 5.83. The molecule has 0 aliphatic rings. The van der Waals surface area contributed by atoms with Gasteiger partial charge in [-0.25, -0.2) is 9.78 Å². The largest absolute Gasteiger partial charge is 0.477 e. The van der Waals surface area contributed by atoms with Crippen LogP contribution in [0.3, 0.4) is 0 Å². The molecule has 0 saturated heterocycles. The standard InChI is InChI=1S/C14H11BrN2O3/c1-8-5-6-9(7-10(8)15)16-13(18)11-3-2-4-12(17-11)14(19)20/h2-7H,1H3,(H,16,18)(H,19,20). The number of rotatable bonds is 3. The lowest BCUT2D eigenvalue weighted by Crippen LogP contribution is -2.15. The first-order valence-electron chi connectivity index (χ1n) is 5.75. The number of nitrogens with zero attached hydrogens (tertiary/aromatic N) is 1. The third-order valence-corrected chi connectivity index (χ3v) is 3.48. The SMILES string of the molecule is Cc1ccc(NC(=O)c2cccc(C(=O)O)n2)cc1Br. The number of hydrogen-bond acceptors (Lipinski definition) is 3. The van der Waals surface area contributed by atoms with Crippen LogP contribution in [-0.4, -0.2) is 22.0 Å². The van der Waals surface area contributed by atoms with Gasteiger partial charge in [-0.1, -0.05) is 28.1 Å². The minimum atomic E-state index is -1.17. The number of anilines is 1. The molecule has 1 heterocycles. The van der Waals surface area contributed by atoms with E-state index >= 15 is 0 Å². The Balaban J connectivity index is 2.21. The van der Waals surface area contributed by atoms with Gasteiger partial charge in [-0.15, -0.1) is 0 Å². The fourth-order valence-electron chi connectivity index (χ4n) is 1.55. The number of hydrogen-bond donors (Lipinski definition) is 2. The maximum absolute atomic E-state index is 12.0. The average molecular weight is 335 g/mol. The van der Waals surface area contributed by atoms with Crippen LogP contribution in [-0.2, 0) is 0 Å². The average Bonchev–Trinajstić information content (AvgIpc) is 2.43. The molecule has 2 aromatic rings. The van der Waals surface area contributed by atoms with E-state index in [4.69, 9.17) is 5.11 Å². The summed E-state index contributed by atoms with van der Waals surface area (Å²) in [4.78, 5) is 26.6. The van der Waals surface area contributed by atoms with Gasteiger partial charge in [0, 0.05) is 10.2 Å². The first-order valence-corrected chi connectivity index (χ1v) is 6.54. The van der Waals surface area contributed by atoms with Crippen LogP contribution < -0.4 is 5.32 Å². The van der Waals surface area contributed by atoms with Gasteiger partial charge < -0.3 is 10.4 Å². The van der Waals surface area contributed by atoms with Crippen molar-refractivity contribution in [2.75, 3.05) is 5.32 Å². The van der Waals surface area contributed by atoms with Crippen molar-refractivity contribution in [2.24, 2.45) is 0 Å². The second-order valence-corrected chi connectivity index (χ2v) is 4.99. The van der Waals surface area contributed by atoms with Gasteiger partial charge in [0.05, 0.1) is 0 Å². The molecule has 0 unspecified atom stereocenters. The number of aryl methyl sites for hydroxylation is 1. The Labute approximate surface area is 123 Å². The van der Waals surface area contributed by atoms with Gasteiger partial charge in [0.2, 0.25) is 0 Å². The van der Waals surface area contributed by atoms with E-state index in [1.165, 1.54) is 18.2 Å². The predicted octanol–water partition coefficient (Wildman–Crippen LogP) is 3.10. The summed E-state index contributed by atoms with van der Waals surface area (Å²) in [6.45, 7) is 1.94. The van der Waals surface area contributed by atoms with E-state index in [-0.39, 0.29) is 11.4 Å². The molecule has 102 valence electrons. The molecule has 0 spiro atoms. The number of aromatic nitrogens is 1. The molecule has 0 radical (unpaired) electrons. The van der Waals surface area contributed by atoms with E-state index < -0.39 is 11.9 Å². The zero-order valence-electron chi connectivity index (χ0n) is 10.6. The van der Waals surface area contributed by atoms with Crippen LogP contribution in [0.4, 0.5) is 5.69 Å². The summed E-state index contributed by atoms with van der Waals surface area (Å²) in [5.41, 5.74) is 1.55. The summed E-state index contributed by atoms with van der Waals surface area (Å²) < 4.78 is 0.877. The lowest BCUT2D eigenvalue weighted by atomic mass is 10.2. The molecule has 2 N–H and O–H groups in total. The van der Waals surface area contributed by atoms with Gasteiger partial charge >= 0.3 is 5.97 Å². The maximum Gasteiger partial charge on any atom is 0.354 e. The number of amides is 1. The van der Waals surface area contributed by atoms with Crippen LogP contribution >= 0.6 is 15.9 Å². The third-order valence-electron chi connectivity index (χ3n) is 2.63. The summed E-state index contributed by atoms with van der Waals surface area (Å²) in [6, 6.07) is 9.68. The first kappa shape index (κ1) is 14.2. The molecule has 20 heavy (non-hydrogen) atoms. The van der Waals surface area contributed by atoms with Crippen LogP contribution in [0.15, 0.2) is 40.9 Å². The van der Waals surface area contributed by atoms with Crippen molar-refractivity contribution in [1.29, 1.82) is 0 Å². The maximum atomic E-state index is 12.0. The fourth-order valence-corrected chi connectivity index (χ4v) is 1.92. The minimum Gasteiger partial charge on any atom is -0.477 e. The number of aromatic carboxylic acids is 1. The highest BCUT2D eigenvalue weighted by Crippen LogP contribution is 2.20. The number of pyridine rings is 1. The van der Waals surface area contributed by atoms with Crippen molar-refractivity contribution in [3.63, 3.8) is 0 Å².